The van der Waals surface area contributed by atoms with Crippen molar-refractivity contribution in [3.8, 4) is 0 Å². The summed E-state index contributed by atoms with van der Waals surface area (Å²) in [5.41, 5.74) is 9.18. The molecule has 0 bridgehead atoms. The van der Waals surface area contributed by atoms with Gasteiger partial charge in [0.25, 0.3) is 0 Å². The number of hydrogen-bond donors (Lipinski definition) is 1. The maximum absolute atomic E-state index is 14.0. The number of fused-ring (bicyclic) bond motifs is 1. The Kier molecular flexibility index (Phi) is 3.40. The molecule has 0 radical (unpaired) electrons. The van der Waals surface area contributed by atoms with Gasteiger partial charge < -0.3 is 10.6 Å². The zero-order chi connectivity index (χ0) is 14.1. The minimum absolute atomic E-state index is 0.0983. The Bertz CT molecular complexity index is 669. The number of nitrogens with two attached hydrogens (primary N) is 1. The fourth-order valence-corrected chi connectivity index (χ4v) is 2.97. The molecule has 1 aliphatic heterocycles. The third kappa shape index (κ3) is 2.16. The number of nitrogens with zero attached hydrogens (tertiary/aromatic N) is 1. The van der Waals surface area contributed by atoms with Crippen LogP contribution in [0.15, 0.2) is 42.5 Å². The van der Waals surface area contributed by atoms with Gasteiger partial charge in [-0.1, -0.05) is 36.5 Å². The van der Waals surface area contributed by atoms with Crippen LogP contribution in [0.1, 0.15) is 17.5 Å². The van der Waals surface area contributed by atoms with Gasteiger partial charge in [0.2, 0.25) is 0 Å². The number of rotatable bonds is 2. The number of anilines is 2. The van der Waals surface area contributed by atoms with Crippen LogP contribution in [0.3, 0.4) is 0 Å². The predicted molar refractivity (Wildman–Crippen MR) is 84.1 cm³/mol. The lowest BCUT2D eigenvalue weighted by Gasteiger charge is -2.32. The molecule has 4 heteroatoms. The van der Waals surface area contributed by atoms with Gasteiger partial charge in [-0.15, -0.1) is 0 Å². The molecule has 2 aromatic rings. The highest BCUT2D eigenvalue weighted by molar-refractivity contribution is 7.80. The first-order valence-electron chi connectivity index (χ1n) is 6.62. The van der Waals surface area contributed by atoms with E-state index in [2.05, 4.69) is 17.0 Å². The molecular formula is C16H15FN2S. The Hall–Kier alpha value is -1.94. The van der Waals surface area contributed by atoms with Crippen LogP contribution in [0.25, 0.3) is 0 Å². The zero-order valence-corrected chi connectivity index (χ0v) is 11.8. The van der Waals surface area contributed by atoms with Gasteiger partial charge in [-0.25, -0.2) is 4.39 Å². The van der Waals surface area contributed by atoms with Crippen LogP contribution in [-0.4, -0.2) is 11.5 Å². The van der Waals surface area contributed by atoms with Crippen LogP contribution in [0.4, 0.5) is 15.8 Å². The van der Waals surface area contributed by atoms with Crippen molar-refractivity contribution in [2.45, 2.75) is 12.8 Å². The van der Waals surface area contributed by atoms with Gasteiger partial charge in [-0.3, -0.25) is 0 Å². The molecule has 20 heavy (non-hydrogen) atoms. The summed E-state index contributed by atoms with van der Waals surface area (Å²) < 4.78 is 14.0. The van der Waals surface area contributed by atoms with Crippen molar-refractivity contribution in [3.63, 3.8) is 0 Å². The number of aryl methyl sites for hydroxylation is 1. The third-order valence-electron chi connectivity index (χ3n) is 3.64. The monoisotopic (exact) mass is 286 g/mol. The lowest BCUT2D eigenvalue weighted by atomic mass is 10.00. The highest BCUT2D eigenvalue weighted by Crippen LogP contribution is 2.35. The maximum atomic E-state index is 14.0. The second kappa shape index (κ2) is 5.21. The van der Waals surface area contributed by atoms with Crippen LogP contribution in [0, 0.1) is 5.82 Å². The highest BCUT2D eigenvalue weighted by atomic mass is 32.1. The fraction of sp³-hybridized carbons (Fsp3) is 0.188. The number of hydrogen-bond acceptors (Lipinski definition) is 2. The molecule has 0 atom stereocenters. The molecule has 2 N–H and O–H groups in total. The molecule has 3 rings (SSSR count). The summed E-state index contributed by atoms with van der Waals surface area (Å²) in [4.78, 5) is 2.21. The van der Waals surface area contributed by atoms with Crippen LogP contribution >= 0.6 is 12.2 Å². The molecule has 0 aromatic heterocycles. The molecule has 0 unspecified atom stereocenters. The van der Waals surface area contributed by atoms with E-state index in [0.717, 1.165) is 30.8 Å². The molecule has 102 valence electrons. The predicted octanol–water partition coefficient (Wildman–Crippen LogP) is 3.54. The average molecular weight is 286 g/mol. The molecule has 1 aliphatic rings. The molecule has 0 fully saturated rings. The molecule has 0 saturated heterocycles. The number of para-hydroxylation sites is 1. The van der Waals surface area contributed by atoms with Gasteiger partial charge >= 0.3 is 0 Å². The minimum Gasteiger partial charge on any atom is -0.389 e. The second-order valence-electron chi connectivity index (χ2n) is 4.88. The first-order valence-corrected chi connectivity index (χ1v) is 7.03. The van der Waals surface area contributed by atoms with E-state index >= 15 is 0 Å². The minimum atomic E-state index is -0.363. The quantitative estimate of drug-likeness (QED) is 0.856. The normalized spacial score (nSPS) is 13.9. The Labute approximate surface area is 123 Å². The fourth-order valence-electron chi connectivity index (χ4n) is 2.77. The first kappa shape index (κ1) is 13.1. The van der Waals surface area contributed by atoms with E-state index in [1.165, 1.54) is 11.6 Å². The van der Waals surface area contributed by atoms with Gasteiger partial charge in [0, 0.05) is 12.2 Å². The van der Waals surface area contributed by atoms with Gasteiger partial charge in [-0.2, -0.15) is 0 Å². The van der Waals surface area contributed by atoms with Crippen LogP contribution in [-0.2, 0) is 6.42 Å². The summed E-state index contributed by atoms with van der Waals surface area (Å²) in [6, 6.07) is 13.2. The average Bonchev–Trinajstić information content (AvgIpc) is 2.46. The maximum Gasteiger partial charge on any atom is 0.135 e. The van der Waals surface area contributed by atoms with E-state index in [0.29, 0.717) is 5.56 Å². The Morgan fingerprint density at radius 3 is 2.65 bits per heavy atom. The van der Waals surface area contributed by atoms with Gasteiger partial charge in [0.1, 0.15) is 10.8 Å². The Morgan fingerprint density at radius 1 is 1.10 bits per heavy atom. The first-order chi connectivity index (χ1) is 9.68. The SMILES string of the molecule is NC(=S)c1c(F)cccc1N1CCCc2ccccc21. The summed E-state index contributed by atoms with van der Waals surface area (Å²) >= 11 is 5.02. The molecule has 0 aliphatic carbocycles. The van der Waals surface area contributed by atoms with E-state index in [1.807, 2.05) is 18.2 Å². The van der Waals surface area contributed by atoms with Crippen LogP contribution in [0.5, 0.6) is 0 Å². The van der Waals surface area contributed by atoms with E-state index in [-0.39, 0.29) is 10.8 Å². The number of halogens is 1. The molecule has 1 heterocycles. The van der Waals surface area contributed by atoms with Crippen molar-refractivity contribution in [1.29, 1.82) is 0 Å². The molecule has 2 nitrogen and oxygen atoms in total. The number of thiocarbonyl (C=S) groups is 1. The standard InChI is InChI=1S/C16H15FN2S/c17-12-7-3-9-14(15(12)16(18)20)19-10-4-6-11-5-1-2-8-13(11)19/h1-3,5,7-9H,4,6,10H2,(H2,18,20). The largest absolute Gasteiger partial charge is 0.389 e. The zero-order valence-electron chi connectivity index (χ0n) is 11.0. The smallest absolute Gasteiger partial charge is 0.135 e. The number of benzene rings is 2. The summed E-state index contributed by atoms with van der Waals surface area (Å²) in [6.45, 7) is 0.843. The summed E-state index contributed by atoms with van der Waals surface area (Å²) in [6.07, 6.45) is 2.08. The third-order valence-corrected chi connectivity index (χ3v) is 3.84. The molecule has 0 spiro atoms. The lowest BCUT2D eigenvalue weighted by Crippen LogP contribution is -2.27. The molecular weight excluding hydrogens is 271 g/mol. The van der Waals surface area contributed by atoms with Crippen LogP contribution < -0.4 is 10.6 Å². The van der Waals surface area contributed by atoms with Crippen molar-refractivity contribution >= 4 is 28.6 Å². The second-order valence-corrected chi connectivity index (χ2v) is 5.32. The molecule has 0 amide bonds. The van der Waals surface area contributed by atoms with E-state index in [1.54, 1.807) is 6.07 Å². The van der Waals surface area contributed by atoms with E-state index in [9.17, 15) is 4.39 Å². The summed E-state index contributed by atoms with van der Waals surface area (Å²) in [5, 5.41) is 0. The Balaban J connectivity index is 2.16. The summed E-state index contributed by atoms with van der Waals surface area (Å²) in [7, 11) is 0. The van der Waals surface area contributed by atoms with Gasteiger partial charge in [0.05, 0.1) is 11.3 Å². The van der Waals surface area contributed by atoms with E-state index < -0.39 is 0 Å². The van der Waals surface area contributed by atoms with Gasteiger partial charge in [-0.05, 0) is 36.6 Å². The van der Waals surface area contributed by atoms with Gasteiger partial charge in [0.15, 0.2) is 0 Å². The van der Waals surface area contributed by atoms with Crippen molar-refractivity contribution in [3.05, 3.63) is 59.4 Å². The molecule has 2 aromatic carbocycles. The highest BCUT2D eigenvalue weighted by Gasteiger charge is 2.22. The van der Waals surface area contributed by atoms with Crippen LogP contribution in [0.2, 0.25) is 0 Å². The van der Waals surface area contributed by atoms with Crippen molar-refractivity contribution in [2.75, 3.05) is 11.4 Å². The molecule has 0 saturated carbocycles. The van der Waals surface area contributed by atoms with E-state index in [4.69, 9.17) is 18.0 Å². The van der Waals surface area contributed by atoms with Crippen molar-refractivity contribution in [1.82, 2.24) is 0 Å². The summed E-state index contributed by atoms with van der Waals surface area (Å²) in [5.74, 6) is -0.363. The Morgan fingerprint density at radius 2 is 1.85 bits per heavy atom. The van der Waals surface area contributed by atoms with Crippen molar-refractivity contribution < 1.29 is 4.39 Å². The topological polar surface area (TPSA) is 29.3 Å². The van der Waals surface area contributed by atoms with Crippen molar-refractivity contribution in [2.24, 2.45) is 5.73 Å². The lowest BCUT2D eigenvalue weighted by molar-refractivity contribution is 0.624.